The summed E-state index contributed by atoms with van der Waals surface area (Å²) in [4.78, 5) is 20.4. The summed E-state index contributed by atoms with van der Waals surface area (Å²) in [5.74, 6) is 0.544. The first-order valence-corrected chi connectivity index (χ1v) is 12.8. The molecule has 5 heteroatoms. The maximum Gasteiger partial charge on any atom is 0.165 e. The highest BCUT2D eigenvalue weighted by Crippen LogP contribution is 2.42. The van der Waals surface area contributed by atoms with Crippen molar-refractivity contribution in [3.63, 3.8) is 0 Å². The average Bonchev–Trinajstić information content (AvgIpc) is 3.46. The lowest BCUT2D eigenvalue weighted by atomic mass is 9.81. The predicted octanol–water partition coefficient (Wildman–Crippen LogP) is 5.13. The molecule has 0 amide bonds. The van der Waals surface area contributed by atoms with Crippen molar-refractivity contribution in [2.45, 2.75) is 45.2 Å². The Labute approximate surface area is 212 Å². The zero-order chi connectivity index (χ0) is 24.8. The number of rotatable bonds is 6. The number of hydrogen-bond acceptors (Lipinski definition) is 4. The molecule has 3 heterocycles. The second-order valence-corrected chi connectivity index (χ2v) is 10.7. The zero-order valence-electron chi connectivity index (χ0n) is 21.2. The molecule has 1 unspecified atom stereocenters. The Morgan fingerprint density at radius 1 is 1.03 bits per heavy atom. The van der Waals surface area contributed by atoms with E-state index in [-0.39, 0.29) is 11.8 Å². The van der Waals surface area contributed by atoms with Crippen LogP contribution < -0.4 is 0 Å². The molecule has 2 aromatic heterocycles. The lowest BCUT2D eigenvalue weighted by molar-refractivity contribution is -0.115. The molecule has 0 N–H and O–H groups in total. The molecule has 1 atom stereocenters. The first kappa shape index (κ1) is 22.9. The van der Waals surface area contributed by atoms with E-state index in [2.05, 4.69) is 84.1 Å². The van der Waals surface area contributed by atoms with Crippen LogP contribution in [-0.4, -0.2) is 39.5 Å². The van der Waals surface area contributed by atoms with Crippen LogP contribution in [0.2, 0.25) is 0 Å². The molecule has 2 aromatic carbocycles. The lowest BCUT2D eigenvalue weighted by Crippen LogP contribution is -2.33. The normalized spacial score (nSPS) is 17.6. The van der Waals surface area contributed by atoms with Crippen molar-refractivity contribution in [1.82, 2.24) is 19.7 Å². The van der Waals surface area contributed by atoms with E-state index >= 15 is 0 Å². The second-order valence-electron chi connectivity index (χ2n) is 10.7. The number of carbonyl (C=O) groups is 1. The van der Waals surface area contributed by atoms with Gasteiger partial charge in [-0.15, -0.1) is 0 Å². The minimum atomic E-state index is -0.0331. The van der Waals surface area contributed by atoms with Crippen LogP contribution in [0.15, 0.2) is 78.1 Å². The largest absolute Gasteiger partial charge is 0.304 e. The Balaban J connectivity index is 1.37. The van der Waals surface area contributed by atoms with Gasteiger partial charge >= 0.3 is 0 Å². The Hall–Kier alpha value is -3.57. The van der Waals surface area contributed by atoms with Crippen molar-refractivity contribution < 1.29 is 4.79 Å². The molecular formula is C31H32N4O. The molecule has 0 bridgehead atoms. The Kier molecular flexibility index (Phi) is 5.81. The number of ketones is 1. The van der Waals surface area contributed by atoms with E-state index in [0.29, 0.717) is 12.3 Å². The SMILES string of the molecule is CC1=C(C(=O)Cc2ccc3cnccc3c2)C(C2Cc3ccccc3C2)n2nc(CN(C)C)cc2C1. The number of hydrogen-bond donors (Lipinski definition) is 0. The molecular weight excluding hydrogens is 444 g/mol. The number of benzene rings is 2. The lowest BCUT2D eigenvalue weighted by Gasteiger charge is -2.33. The summed E-state index contributed by atoms with van der Waals surface area (Å²) < 4.78 is 2.20. The minimum Gasteiger partial charge on any atom is -0.304 e. The fourth-order valence-electron chi connectivity index (χ4n) is 6.18. The van der Waals surface area contributed by atoms with Crippen molar-refractivity contribution in [1.29, 1.82) is 0 Å². The number of aromatic nitrogens is 3. The molecule has 182 valence electrons. The van der Waals surface area contributed by atoms with Gasteiger partial charge in [0.1, 0.15) is 0 Å². The van der Waals surface area contributed by atoms with Crippen LogP contribution in [0.25, 0.3) is 10.8 Å². The summed E-state index contributed by atoms with van der Waals surface area (Å²) in [6.07, 6.45) is 6.82. The first-order valence-electron chi connectivity index (χ1n) is 12.8. The van der Waals surface area contributed by atoms with Crippen LogP contribution in [-0.2, 0) is 37.0 Å². The van der Waals surface area contributed by atoms with E-state index in [4.69, 9.17) is 5.10 Å². The zero-order valence-corrected chi connectivity index (χ0v) is 21.2. The predicted molar refractivity (Wildman–Crippen MR) is 143 cm³/mol. The summed E-state index contributed by atoms with van der Waals surface area (Å²) in [6.45, 7) is 2.95. The Bertz CT molecular complexity index is 1470. The molecule has 1 aliphatic carbocycles. The van der Waals surface area contributed by atoms with Gasteiger partial charge in [-0.05, 0) is 74.0 Å². The fraction of sp³-hybridized carbons (Fsp3) is 0.323. The Morgan fingerprint density at radius 2 is 1.81 bits per heavy atom. The summed E-state index contributed by atoms with van der Waals surface area (Å²) in [6, 6.07) is 19.2. The smallest absolute Gasteiger partial charge is 0.165 e. The third-order valence-electron chi connectivity index (χ3n) is 7.71. The van der Waals surface area contributed by atoms with E-state index < -0.39 is 0 Å². The summed E-state index contributed by atoms with van der Waals surface area (Å²) in [5, 5.41) is 7.29. The van der Waals surface area contributed by atoms with Gasteiger partial charge < -0.3 is 4.90 Å². The van der Waals surface area contributed by atoms with Crippen LogP contribution in [0.4, 0.5) is 0 Å². The van der Waals surface area contributed by atoms with Crippen molar-refractivity contribution in [3.8, 4) is 0 Å². The van der Waals surface area contributed by atoms with Gasteiger partial charge in [-0.25, -0.2) is 0 Å². The van der Waals surface area contributed by atoms with Gasteiger partial charge in [-0.2, -0.15) is 5.10 Å². The molecule has 4 aromatic rings. The van der Waals surface area contributed by atoms with Gasteiger partial charge in [0.15, 0.2) is 5.78 Å². The van der Waals surface area contributed by atoms with Gasteiger partial charge in [-0.3, -0.25) is 14.5 Å². The number of fused-ring (bicyclic) bond motifs is 3. The molecule has 5 nitrogen and oxygen atoms in total. The molecule has 0 spiro atoms. The first-order chi connectivity index (χ1) is 17.5. The van der Waals surface area contributed by atoms with Gasteiger partial charge in [0.2, 0.25) is 0 Å². The van der Waals surface area contributed by atoms with Crippen LogP contribution >= 0.6 is 0 Å². The van der Waals surface area contributed by atoms with Crippen LogP contribution in [0.1, 0.15) is 41.0 Å². The number of allylic oxidation sites excluding steroid dienone is 2. The summed E-state index contributed by atoms with van der Waals surface area (Å²) >= 11 is 0. The average molecular weight is 477 g/mol. The highest BCUT2D eigenvalue weighted by molar-refractivity contribution is 5.99. The van der Waals surface area contributed by atoms with Crippen LogP contribution in [0.3, 0.4) is 0 Å². The van der Waals surface area contributed by atoms with Crippen molar-refractivity contribution >= 4 is 16.6 Å². The third-order valence-corrected chi connectivity index (χ3v) is 7.71. The molecule has 2 aliphatic rings. The molecule has 36 heavy (non-hydrogen) atoms. The quantitative estimate of drug-likeness (QED) is 0.387. The van der Waals surface area contributed by atoms with Gasteiger partial charge in [-0.1, -0.05) is 48.0 Å². The summed E-state index contributed by atoms with van der Waals surface area (Å²) in [5.41, 5.74) is 8.31. The number of pyridine rings is 1. The maximum absolute atomic E-state index is 14.0. The van der Waals surface area contributed by atoms with E-state index in [0.717, 1.165) is 53.4 Å². The summed E-state index contributed by atoms with van der Waals surface area (Å²) in [7, 11) is 4.14. The molecule has 0 fully saturated rings. The van der Waals surface area contributed by atoms with Crippen molar-refractivity contribution in [2.24, 2.45) is 5.92 Å². The molecule has 6 rings (SSSR count). The van der Waals surface area contributed by atoms with Gasteiger partial charge in [0, 0.05) is 48.4 Å². The number of Topliss-reactive ketones (excluding diaryl/α,β-unsaturated/α-hetero) is 1. The van der Waals surface area contributed by atoms with E-state index in [1.165, 1.54) is 22.4 Å². The molecule has 0 saturated carbocycles. The van der Waals surface area contributed by atoms with Crippen molar-refractivity contribution in [3.05, 3.63) is 106 Å². The topological polar surface area (TPSA) is 51.0 Å². The van der Waals surface area contributed by atoms with E-state index in [9.17, 15) is 4.79 Å². The molecule has 0 saturated heterocycles. The highest BCUT2D eigenvalue weighted by Gasteiger charge is 2.39. The number of nitrogens with zero attached hydrogens (tertiary/aromatic N) is 4. The minimum absolute atomic E-state index is 0.0331. The van der Waals surface area contributed by atoms with Crippen LogP contribution in [0.5, 0.6) is 0 Å². The monoisotopic (exact) mass is 476 g/mol. The Morgan fingerprint density at radius 3 is 2.56 bits per heavy atom. The third kappa shape index (κ3) is 4.18. The van der Waals surface area contributed by atoms with Gasteiger partial charge in [0.05, 0.1) is 11.7 Å². The van der Waals surface area contributed by atoms with E-state index in [1.807, 2.05) is 12.3 Å². The van der Waals surface area contributed by atoms with Crippen molar-refractivity contribution in [2.75, 3.05) is 14.1 Å². The standard InChI is InChI=1S/C31H32N4O/c1-20-12-28-17-27(19-34(2)3)33-35(28)31(26-15-22-6-4-5-7-23(22)16-26)30(20)29(36)14-21-8-9-25-18-32-11-10-24(25)13-21/h4-11,13,17-18,26,31H,12,14-16,19H2,1-3H3. The second kappa shape index (κ2) is 9.14. The number of carbonyl (C=O) groups excluding carboxylic acids is 1. The highest BCUT2D eigenvalue weighted by atomic mass is 16.1. The van der Waals surface area contributed by atoms with Gasteiger partial charge in [0.25, 0.3) is 0 Å². The molecule has 0 radical (unpaired) electrons. The molecule has 1 aliphatic heterocycles. The maximum atomic E-state index is 14.0. The van der Waals surface area contributed by atoms with Crippen LogP contribution in [0, 0.1) is 5.92 Å². The fourth-order valence-corrected chi connectivity index (χ4v) is 6.18. The van der Waals surface area contributed by atoms with E-state index in [1.54, 1.807) is 6.20 Å².